The quantitative estimate of drug-likeness (QED) is 0.393. The minimum absolute atomic E-state index is 0.00306. The van der Waals surface area contributed by atoms with Gasteiger partial charge in [0.25, 0.3) is 0 Å². The van der Waals surface area contributed by atoms with Gasteiger partial charge in [-0.3, -0.25) is 14.4 Å². The summed E-state index contributed by atoms with van der Waals surface area (Å²) in [5.74, 6) is -1.47. The molecule has 0 saturated heterocycles. The van der Waals surface area contributed by atoms with E-state index in [-0.39, 0.29) is 25.6 Å². The van der Waals surface area contributed by atoms with Crippen molar-refractivity contribution < 1.29 is 33.8 Å². The summed E-state index contributed by atoms with van der Waals surface area (Å²) in [6.07, 6.45) is 1.43. The molecule has 0 radical (unpaired) electrons. The molecule has 0 aromatic heterocycles. The molecule has 10 heteroatoms. The Morgan fingerprint density at radius 1 is 1.17 bits per heavy atom. The smallest absolute Gasteiger partial charge is 0.408 e. The number of nitrogens with zero attached hydrogens (tertiary/aromatic N) is 1. The maximum atomic E-state index is 13.7. The summed E-state index contributed by atoms with van der Waals surface area (Å²) in [6, 6.07) is 4.70. The molecule has 1 saturated carbocycles. The van der Waals surface area contributed by atoms with Crippen molar-refractivity contribution in [2.45, 2.75) is 84.0 Å². The number of nitrogens with one attached hydrogen (secondary N) is 2. The lowest BCUT2D eigenvalue weighted by molar-refractivity contribution is -0.148. The number of benzene rings is 1. The van der Waals surface area contributed by atoms with Crippen molar-refractivity contribution in [1.29, 1.82) is 0 Å². The van der Waals surface area contributed by atoms with Gasteiger partial charge in [-0.25, -0.2) is 4.79 Å². The standard InChI is InChI=1S/C26H39N3O7/c1-6-35-21(31)14-15-27-23(32)22(19-13-8-7-10-17(19)2)29(18-11-9-12-18)24(33)20(16-30)28-25(34)36-26(3,4)5/h7-8,10,13,18,20,22,30H,6,9,11-12,14-16H2,1-5H3,(H,27,32)(H,28,34). The molecule has 1 aromatic carbocycles. The Labute approximate surface area is 212 Å². The van der Waals surface area contributed by atoms with E-state index in [1.54, 1.807) is 39.8 Å². The van der Waals surface area contributed by atoms with E-state index in [9.17, 15) is 24.3 Å². The molecule has 2 unspecified atom stereocenters. The lowest BCUT2D eigenvalue weighted by atomic mass is 9.87. The zero-order valence-electron chi connectivity index (χ0n) is 21.8. The average molecular weight is 506 g/mol. The van der Waals surface area contributed by atoms with E-state index in [4.69, 9.17) is 9.47 Å². The van der Waals surface area contributed by atoms with Crippen LogP contribution in [0.4, 0.5) is 4.79 Å². The number of carbonyl (C=O) groups is 4. The first-order valence-electron chi connectivity index (χ1n) is 12.4. The van der Waals surface area contributed by atoms with Gasteiger partial charge in [-0.05, 0) is 65.0 Å². The van der Waals surface area contributed by atoms with E-state index >= 15 is 0 Å². The van der Waals surface area contributed by atoms with Crippen LogP contribution < -0.4 is 10.6 Å². The van der Waals surface area contributed by atoms with Gasteiger partial charge in [0.2, 0.25) is 11.8 Å². The Morgan fingerprint density at radius 3 is 2.36 bits per heavy atom. The molecule has 0 aliphatic heterocycles. The second-order valence-electron chi connectivity index (χ2n) is 9.82. The van der Waals surface area contributed by atoms with Crippen molar-refractivity contribution in [3.05, 3.63) is 35.4 Å². The van der Waals surface area contributed by atoms with Crippen molar-refractivity contribution in [3.63, 3.8) is 0 Å². The average Bonchev–Trinajstić information content (AvgIpc) is 2.75. The van der Waals surface area contributed by atoms with Crippen LogP contribution in [0.1, 0.15) is 70.5 Å². The zero-order chi connectivity index (χ0) is 26.9. The molecule has 1 aliphatic rings. The molecule has 0 spiro atoms. The molecule has 2 atom stereocenters. The third-order valence-electron chi connectivity index (χ3n) is 5.84. The molecule has 0 heterocycles. The Kier molecular flexibility index (Phi) is 10.7. The highest BCUT2D eigenvalue weighted by molar-refractivity contribution is 5.92. The summed E-state index contributed by atoms with van der Waals surface area (Å²) >= 11 is 0. The highest BCUT2D eigenvalue weighted by Gasteiger charge is 2.42. The van der Waals surface area contributed by atoms with E-state index in [1.807, 2.05) is 19.1 Å². The molecule has 1 fully saturated rings. The maximum absolute atomic E-state index is 13.7. The van der Waals surface area contributed by atoms with Crippen LogP contribution in [0.25, 0.3) is 0 Å². The molecule has 200 valence electrons. The van der Waals surface area contributed by atoms with Crippen molar-refractivity contribution >= 4 is 23.9 Å². The second kappa shape index (κ2) is 13.2. The predicted molar refractivity (Wildman–Crippen MR) is 133 cm³/mol. The largest absolute Gasteiger partial charge is 0.466 e. The van der Waals surface area contributed by atoms with Gasteiger partial charge in [0.1, 0.15) is 17.7 Å². The lowest BCUT2D eigenvalue weighted by Gasteiger charge is -2.43. The van der Waals surface area contributed by atoms with Crippen LogP contribution in [0.5, 0.6) is 0 Å². The summed E-state index contributed by atoms with van der Waals surface area (Å²) in [7, 11) is 0. The molecule has 2 rings (SSSR count). The van der Waals surface area contributed by atoms with E-state index in [0.29, 0.717) is 18.4 Å². The van der Waals surface area contributed by atoms with Gasteiger partial charge in [-0.2, -0.15) is 0 Å². The normalized spacial score (nSPS) is 15.2. The van der Waals surface area contributed by atoms with Crippen LogP contribution in [0.2, 0.25) is 0 Å². The third kappa shape index (κ3) is 8.22. The molecule has 1 aliphatic carbocycles. The molecule has 10 nitrogen and oxygen atoms in total. The van der Waals surface area contributed by atoms with E-state index in [0.717, 1.165) is 12.0 Å². The van der Waals surface area contributed by atoms with Crippen LogP contribution in [0.15, 0.2) is 24.3 Å². The molecular weight excluding hydrogens is 466 g/mol. The SMILES string of the molecule is CCOC(=O)CCNC(=O)C(c1ccccc1C)N(C(=O)C(CO)NC(=O)OC(C)(C)C)C1CCC1. The molecule has 1 aromatic rings. The number of aryl methyl sites for hydroxylation is 1. The Bertz CT molecular complexity index is 924. The first-order chi connectivity index (χ1) is 17.0. The van der Waals surface area contributed by atoms with Gasteiger partial charge in [0.15, 0.2) is 0 Å². The first kappa shape index (κ1) is 29.1. The van der Waals surface area contributed by atoms with Crippen LogP contribution in [-0.2, 0) is 23.9 Å². The fraction of sp³-hybridized carbons (Fsp3) is 0.615. The van der Waals surface area contributed by atoms with Crippen LogP contribution in [0.3, 0.4) is 0 Å². The van der Waals surface area contributed by atoms with Crippen molar-refractivity contribution in [1.82, 2.24) is 15.5 Å². The topological polar surface area (TPSA) is 134 Å². The van der Waals surface area contributed by atoms with Crippen LogP contribution in [-0.4, -0.2) is 71.3 Å². The Balaban J connectivity index is 2.36. The van der Waals surface area contributed by atoms with Crippen molar-refractivity contribution in [2.24, 2.45) is 0 Å². The first-order valence-corrected chi connectivity index (χ1v) is 12.4. The summed E-state index contributed by atoms with van der Waals surface area (Å²) in [4.78, 5) is 52.8. The second-order valence-corrected chi connectivity index (χ2v) is 9.82. The molecular formula is C26H39N3O7. The van der Waals surface area contributed by atoms with E-state index < -0.39 is 48.2 Å². The number of hydrogen-bond acceptors (Lipinski definition) is 7. The number of alkyl carbamates (subject to hydrolysis) is 1. The van der Waals surface area contributed by atoms with Gasteiger partial charge in [0.05, 0.1) is 19.6 Å². The summed E-state index contributed by atoms with van der Waals surface area (Å²) < 4.78 is 10.2. The highest BCUT2D eigenvalue weighted by atomic mass is 16.6. The summed E-state index contributed by atoms with van der Waals surface area (Å²) in [5, 5.41) is 15.2. The third-order valence-corrected chi connectivity index (χ3v) is 5.84. The minimum Gasteiger partial charge on any atom is -0.466 e. The van der Waals surface area contributed by atoms with Crippen molar-refractivity contribution in [3.8, 4) is 0 Å². The van der Waals surface area contributed by atoms with E-state index in [2.05, 4.69) is 10.6 Å². The Morgan fingerprint density at radius 2 is 1.83 bits per heavy atom. The number of hydrogen-bond donors (Lipinski definition) is 3. The predicted octanol–water partition coefficient (Wildman–Crippen LogP) is 2.37. The minimum atomic E-state index is -1.29. The summed E-state index contributed by atoms with van der Waals surface area (Å²) in [6.45, 7) is 8.26. The van der Waals surface area contributed by atoms with Crippen LogP contribution in [0, 0.1) is 6.92 Å². The number of rotatable bonds is 11. The number of carbonyl (C=O) groups excluding carboxylic acids is 4. The number of aliphatic hydroxyl groups is 1. The monoisotopic (exact) mass is 505 g/mol. The van der Waals surface area contributed by atoms with Gasteiger partial charge < -0.3 is 30.1 Å². The lowest BCUT2D eigenvalue weighted by Crippen LogP contribution is -2.58. The van der Waals surface area contributed by atoms with Gasteiger partial charge in [0, 0.05) is 12.6 Å². The zero-order valence-corrected chi connectivity index (χ0v) is 21.8. The number of esters is 1. The van der Waals surface area contributed by atoms with Crippen LogP contribution >= 0.6 is 0 Å². The number of aliphatic hydroxyl groups excluding tert-OH is 1. The Hall–Kier alpha value is -3.14. The van der Waals surface area contributed by atoms with Gasteiger partial charge >= 0.3 is 12.1 Å². The highest BCUT2D eigenvalue weighted by Crippen LogP contribution is 2.34. The fourth-order valence-electron chi connectivity index (χ4n) is 3.93. The molecule has 36 heavy (non-hydrogen) atoms. The molecule has 3 amide bonds. The van der Waals surface area contributed by atoms with E-state index in [1.165, 1.54) is 4.90 Å². The summed E-state index contributed by atoms with van der Waals surface area (Å²) in [5.41, 5.74) is 0.643. The maximum Gasteiger partial charge on any atom is 0.408 e. The number of amides is 3. The van der Waals surface area contributed by atoms with Gasteiger partial charge in [-0.1, -0.05) is 24.3 Å². The van der Waals surface area contributed by atoms with Crippen molar-refractivity contribution in [2.75, 3.05) is 19.8 Å². The van der Waals surface area contributed by atoms with Gasteiger partial charge in [-0.15, -0.1) is 0 Å². The number of ether oxygens (including phenoxy) is 2. The molecule has 3 N–H and O–H groups in total. The fourth-order valence-corrected chi connectivity index (χ4v) is 3.93. The molecule has 0 bridgehead atoms.